The van der Waals surface area contributed by atoms with Crippen LogP contribution >= 0.6 is 0 Å². The van der Waals surface area contributed by atoms with E-state index in [4.69, 9.17) is 4.74 Å². The van der Waals surface area contributed by atoms with Gasteiger partial charge in [-0.25, -0.2) is 4.79 Å². The summed E-state index contributed by atoms with van der Waals surface area (Å²) in [5.41, 5.74) is -0.499. The third kappa shape index (κ3) is 4.44. The lowest BCUT2D eigenvalue weighted by Crippen LogP contribution is -2.45. The fourth-order valence-electron chi connectivity index (χ4n) is 2.82. The summed E-state index contributed by atoms with van der Waals surface area (Å²) in [6.45, 7) is 7.61. The van der Waals surface area contributed by atoms with Crippen LogP contribution in [0.3, 0.4) is 0 Å². The smallest absolute Gasteiger partial charge is 0.410 e. The standard InChI is InChI=1S/C15H24N2O4/c1-15(2,3)21-14(20)16-6-4-5-11(8-16)9-17-10-12(18)7-13(17)19/h11H,4-10H2,1-3H3. The van der Waals surface area contributed by atoms with Crippen molar-refractivity contribution in [3.8, 4) is 0 Å². The monoisotopic (exact) mass is 296 g/mol. The number of rotatable bonds is 2. The first-order valence-corrected chi connectivity index (χ1v) is 7.52. The number of carbonyl (C=O) groups excluding carboxylic acids is 3. The molecule has 6 nitrogen and oxygen atoms in total. The quantitative estimate of drug-likeness (QED) is 0.723. The zero-order chi connectivity index (χ0) is 15.6. The number of likely N-dealkylation sites (tertiary alicyclic amines) is 2. The van der Waals surface area contributed by atoms with Crippen LogP contribution in [0.15, 0.2) is 0 Å². The lowest BCUT2D eigenvalue weighted by molar-refractivity contribution is -0.128. The van der Waals surface area contributed by atoms with Gasteiger partial charge in [0.25, 0.3) is 0 Å². The summed E-state index contributed by atoms with van der Waals surface area (Å²) in [5.74, 6) is 0.121. The average Bonchev–Trinajstić information content (AvgIpc) is 2.66. The summed E-state index contributed by atoms with van der Waals surface area (Å²) in [5, 5.41) is 0. The number of ketones is 1. The summed E-state index contributed by atoms with van der Waals surface area (Å²) >= 11 is 0. The number of amides is 2. The molecule has 0 radical (unpaired) electrons. The maximum absolute atomic E-state index is 12.1. The summed E-state index contributed by atoms with van der Waals surface area (Å²) in [6, 6.07) is 0. The van der Waals surface area contributed by atoms with Crippen molar-refractivity contribution in [2.45, 2.75) is 45.6 Å². The zero-order valence-corrected chi connectivity index (χ0v) is 13.1. The Hall–Kier alpha value is -1.59. The van der Waals surface area contributed by atoms with Crippen LogP contribution in [0.4, 0.5) is 4.79 Å². The summed E-state index contributed by atoms with van der Waals surface area (Å²) < 4.78 is 5.39. The van der Waals surface area contributed by atoms with Crippen LogP contribution in [0.5, 0.6) is 0 Å². The van der Waals surface area contributed by atoms with E-state index in [0.717, 1.165) is 12.8 Å². The summed E-state index contributed by atoms with van der Waals surface area (Å²) in [7, 11) is 0. The van der Waals surface area contributed by atoms with Gasteiger partial charge < -0.3 is 14.5 Å². The van der Waals surface area contributed by atoms with Gasteiger partial charge in [-0.05, 0) is 39.5 Å². The average molecular weight is 296 g/mol. The lowest BCUT2D eigenvalue weighted by Gasteiger charge is -2.35. The molecule has 1 unspecified atom stereocenters. The van der Waals surface area contributed by atoms with Gasteiger partial charge >= 0.3 is 6.09 Å². The van der Waals surface area contributed by atoms with E-state index in [2.05, 4.69) is 0 Å². The van der Waals surface area contributed by atoms with Crippen LogP contribution in [0.2, 0.25) is 0 Å². The first-order valence-electron chi connectivity index (χ1n) is 7.52. The summed E-state index contributed by atoms with van der Waals surface area (Å²) in [4.78, 5) is 38.4. The Morgan fingerprint density at radius 3 is 2.62 bits per heavy atom. The normalized spacial score (nSPS) is 23.7. The molecule has 0 aromatic heterocycles. The highest BCUT2D eigenvalue weighted by Crippen LogP contribution is 2.21. The Kier molecular flexibility index (Phi) is 4.54. The molecule has 0 N–H and O–H groups in total. The van der Waals surface area contributed by atoms with Crippen molar-refractivity contribution in [3.63, 3.8) is 0 Å². The van der Waals surface area contributed by atoms with Gasteiger partial charge in [-0.15, -0.1) is 0 Å². The van der Waals surface area contributed by atoms with E-state index in [1.54, 1.807) is 9.80 Å². The number of hydrogen-bond acceptors (Lipinski definition) is 4. The molecule has 6 heteroatoms. The van der Waals surface area contributed by atoms with Gasteiger partial charge in [0.1, 0.15) is 5.60 Å². The molecule has 2 saturated heterocycles. The molecular formula is C15H24N2O4. The van der Waals surface area contributed by atoms with Crippen molar-refractivity contribution in [2.24, 2.45) is 5.92 Å². The molecular weight excluding hydrogens is 272 g/mol. The van der Waals surface area contributed by atoms with Gasteiger partial charge in [0.05, 0.1) is 13.0 Å². The minimum absolute atomic E-state index is 0.0141. The Labute approximate surface area is 125 Å². The van der Waals surface area contributed by atoms with Crippen LogP contribution in [0, 0.1) is 5.92 Å². The van der Waals surface area contributed by atoms with Crippen molar-refractivity contribution in [1.29, 1.82) is 0 Å². The topological polar surface area (TPSA) is 66.9 Å². The molecule has 2 amide bonds. The van der Waals surface area contributed by atoms with E-state index >= 15 is 0 Å². The summed E-state index contributed by atoms with van der Waals surface area (Å²) in [6.07, 6.45) is 1.61. The first-order chi connectivity index (χ1) is 9.74. The van der Waals surface area contributed by atoms with E-state index in [1.807, 2.05) is 20.8 Å². The molecule has 118 valence electrons. The highest BCUT2D eigenvalue weighted by molar-refractivity contribution is 6.05. The molecule has 21 heavy (non-hydrogen) atoms. The highest BCUT2D eigenvalue weighted by Gasteiger charge is 2.32. The van der Waals surface area contributed by atoms with Crippen molar-refractivity contribution >= 4 is 17.8 Å². The number of ether oxygens (including phenoxy) is 1. The molecule has 0 spiro atoms. The second kappa shape index (κ2) is 6.03. The molecule has 2 aliphatic rings. The Bertz CT molecular complexity index is 441. The number of carbonyl (C=O) groups is 3. The van der Waals surface area contributed by atoms with Crippen molar-refractivity contribution in [1.82, 2.24) is 9.80 Å². The number of Topliss-reactive ketones (excluding diaryl/α,β-unsaturated/α-hetero) is 1. The van der Waals surface area contributed by atoms with Gasteiger partial charge in [-0.3, -0.25) is 9.59 Å². The molecule has 0 saturated carbocycles. The van der Waals surface area contributed by atoms with Crippen LogP contribution in [-0.2, 0) is 14.3 Å². The van der Waals surface area contributed by atoms with Gasteiger partial charge in [0, 0.05) is 19.6 Å². The predicted octanol–water partition coefficient (Wildman–Crippen LogP) is 1.43. The second-order valence-electron chi connectivity index (χ2n) is 6.92. The molecule has 0 aliphatic carbocycles. The van der Waals surface area contributed by atoms with E-state index in [1.165, 1.54) is 0 Å². The van der Waals surface area contributed by atoms with E-state index in [0.29, 0.717) is 19.6 Å². The number of nitrogens with zero attached hydrogens (tertiary/aromatic N) is 2. The van der Waals surface area contributed by atoms with Gasteiger partial charge in [-0.2, -0.15) is 0 Å². The fraction of sp³-hybridized carbons (Fsp3) is 0.800. The molecule has 0 aromatic carbocycles. The molecule has 2 rings (SSSR count). The number of piperidine rings is 1. The first kappa shape index (κ1) is 15.8. The SMILES string of the molecule is CC(C)(C)OC(=O)N1CCCC(CN2CC(=O)CC2=O)C1. The fourth-order valence-corrected chi connectivity index (χ4v) is 2.82. The minimum atomic E-state index is -0.499. The molecule has 0 aromatic rings. The van der Waals surface area contributed by atoms with Crippen molar-refractivity contribution in [2.75, 3.05) is 26.2 Å². The Balaban J connectivity index is 1.87. The van der Waals surface area contributed by atoms with E-state index in [9.17, 15) is 14.4 Å². The number of hydrogen-bond donors (Lipinski definition) is 0. The van der Waals surface area contributed by atoms with Crippen LogP contribution in [0.1, 0.15) is 40.0 Å². The molecule has 1 atom stereocenters. The van der Waals surface area contributed by atoms with Gasteiger partial charge in [0.2, 0.25) is 5.91 Å². The predicted molar refractivity (Wildman–Crippen MR) is 76.7 cm³/mol. The van der Waals surface area contributed by atoms with Gasteiger partial charge in [-0.1, -0.05) is 0 Å². The van der Waals surface area contributed by atoms with E-state index in [-0.39, 0.29) is 36.7 Å². The van der Waals surface area contributed by atoms with Crippen molar-refractivity contribution in [3.05, 3.63) is 0 Å². The third-order valence-corrected chi connectivity index (χ3v) is 3.72. The van der Waals surface area contributed by atoms with Crippen LogP contribution in [0.25, 0.3) is 0 Å². The maximum Gasteiger partial charge on any atom is 0.410 e. The van der Waals surface area contributed by atoms with Crippen molar-refractivity contribution < 1.29 is 19.1 Å². The minimum Gasteiger partial charge on any atom is -0.444 e. The molecule has 0 bridgehead atoms. The lowest BCUT2D eigenvalue weighted by atomic mass is 9.98. The van der Waals surface area contributed by atoms with Gasteiger partial charge in [0.15, 0.2) is 5.78 Å². The molecule has 2 aliphatic heterocycles. The zero-order valence-electron chi connectivity index (χ0n) is 13.1. The highest BCUT2D eigenvalue weighted by atomic mass is 16.6. The largest absolute Gasteiger partial charge is 0.444 e. The Morgan fingerprint density at radius 1 is 1.33 bits per heavy atom. The Morgan fingerprint density at radius 2 is 2.05 bits per heavy atom. The van der Waals surface area contributed by atoms with Crippen LogP contribution in [-0.4, -0.2) is 59.4 Å². The van der Waals surface area contributed by atoms with E-state index < -0.39 is 5.60 Å². The second-order valence-corrected chi connectivity index (χ2v) is 6.92. The van der Waals surface area contributed by atoms with Crippen LogP contribution < -0.4 is 0 Å². The molecule has 2 fully saturated rings. The maximum atomic E-state index is 12.1. The molecule has 2 heterocycles. The third-order valence-electron chi connectivity index (χ3n) is 3.72.